The molecule has 0 aliphatic rings. The van der Waals surface area contributed by atoms with Gasteiger partial charge < -0.3 is 21.3 Å². The molecule has 0 radical (unpaired) electrons. The topological polar surface area (TPSA) is 95.6 Å². The molecule has 0 aromatic heterocycles. The number of phenols is 1. The van der Waals surface area contributed by atoms with Gasteiger partial charge in [-0.15, -0.1) is 0 Å². The van der Waals surface area contributed by atoms with Crippen LogP contribution in [0.25, 0.3) is 0 Å². The lowest BCUT2D eigenvalue weighted by atomic mass is 10.1. The summed E-state index contributed by atoms with van der Waals surface area (Å²) in [6.45, 7) is 3.38. The van der Waals surface area contributed by atoms with Gasteiger partial charge in [0.2, 0.25) is 5.91 Å². The van der Waals surface area contributed by atoms with Crippen LogP contribution >= 0.6 is 0 Å². The summed E-state index contributed by atoms with van der Waals surface area (Å²) in [4.78, 5) is 11.7. The summed E-state index contributed by atoms with van der Waals surface area (Å²) in [6.07, 6.45) is 0.387. The first-order valence-corrected chi connectivity index (χ1v) is 5.81. The molecule has 1 atom stereocenters. The van der Waals surface area contributed by atoms with E-state index in [9.17, 15) is 9.90 Å². The third-order valence-corrected chi connectivity index (χ3v) is 2.42. The Hall–Kier alpha value is -1.59. The molecule has 0 saturated heterocycles. The Morgan fingerprint density at radius 2 is 1.94 bits per heavy atom. The molecule has 0 saturated carbocycles. The highest BCUT2D eigenvalue weighted by molar-refractivity contribution is 5.81. The smallest absolute Gasteiger partial charge is 0.237 e. The zero-order valence-electron chi connectivity index (χ0n) is 10.7. The van der Waals surface area contributed by atoms with Crippen LogP contribution < -0.4 is 11.1 Å². The van der Waals surface area contributed by atoms with E-state index in [4.69, 9.17) is 10.8 Å². The van der Waals surface area contributed by atoms with Crippen LogP contribution in [-0.2, 0) is 11.2 Å². The molecule has 1 amide bonds. The quantitative estimate of drug-likeness (QED) is 0.600. The Kier molecular flexibility index (Phi) is 4.69. The second-order valence-electron chi connectivity index (χ2n) is 5.01. The van der Waals surface area contributed by atoms with Crippen molar-refractivity contribution < 1.29 is 15.0 Å². The molecule has 100 valence electrons. The summed E-state index contributed by atoms with van der Waals surface area (Å²) < 4.78 is 0. The number of aliphatic hydroxyl groups is 1. The van der Waals surface area contributed by atoms with Gasteiger partial charge in [0.05, 0.1) is 11.6 Å². The SMILES string of the molecule is CC(C)(O)CNC(=O)[C@H](N)Cc1ccc(O)cc1. The molecule has 0 unspecified atom stereocenters. The summed E-state index contributed by atoms with van der Waals surface area (Å²) in [7, 11) is 0. The molecule has 0 fully saturated rings. The van der Waals surface area contributed by atoms with Crippen molar-refractivity contribution in [3.8, 4) is 5.75 Å². The van der Waals surface area contributed by atoms with Crippen molar-refractivity contribution in [2.24, 2.45) is 5.73 Å². The summed E-state index contributed by atoms with van der Waals surface area (Å²) >= 11 is 0. The number of carbonyl (C=O) groups is 1. The number of amides is 1. The molecule has 1 aromatic rings. The van der Waals surface area contributed by atoms with Crippen molar-refractivity contribution in [3.05, 3.63) is 29.8 Å². The molecular formula is C13H20N2O3. The van der Waals surface area contributed by atoms with Gasteiger partial charge in [-0.1, -0.05) is 12.1 Å². The molecule has 1 aromatic carbocycles. The second kappa shape index (κ2) is 5.84. The molecular weight excluding hydrogens is 232 g/mol. The van der Waals surface area contributed by atoms with Crippen molar-refractivity contribution in [1.82, 2.24) is 5.32 Å². The van der Waals surface area contributed by atoms with Crippen LogP contribution in [0.5, 0.6) is 5.75 Å². The van der Waals surface area contributed by atoms with Gasteiger partial charge in [0.15, 0.2) is 0 Å². The fraction of sp³-hybridized carbons (Fsp3) is 0.462. The molecule has 5 nitrogen and oxygen atoms in total. The average molecular weight is 252 g/mol. The largest absolute Gasteiger partial charge is 0.508 e. The fourth-order valence-electron chi connectivity index (χ4n) is 1.41. The first-order chi connectivity index (χ1) is 8.28. The van der Waals surface area contributed by atoms with E-state index in [2.05, 4.69) is 5.32 Å². The predicted octanol–water partition coefficient (Wildman–Crippen LogP) is 0.149. The number of carbonyl (C=O) groups excluding carboxylic acids is 1. The van der Waals surface area contributed by atoms with Gasteiger partial charge in [0.1, 0.15) is 5.75 Å². The molecule has 18 heavy (non-hydrogen) atoms. The number of nitrogens with one attached hydrogen (secondary N) is 1. The van der Waals surface area contributed by atoms with Gasteiger partial charge in [-0.3, -0.25) is 4.79 Å². The third-order valence-electron chi connectivity index (χ3n) is 2.42. The van der Waals surface area contributed by atoms with Crippen LogP contribution in [0.3, 0.4) is 0 Å². The molecule has 1 rings (SSSR count). The highest BCUT2D eigenvalue weighted by Crippen LogP contribution is 2.10. The van der Waals surface area contributed by atoms with E-state index in [-0.39, 0.29) is 18.2 Å². The summed E-state index contributed by atoms with van der Waals surface area (Å²) in [6, 6.07) is 5.88. The minimum atomic E-state index is -0.950. The van der Waals surface area contributed by atoms with Crippen LogP contribution in [0.4, 0.5) is 0 Å². The van der Waals surface area contributed by atoms with Gasteiger partial charge in [-0.05, 0) is 38.0 Å². The Bertz CT molecular complexity index is 396. The summed E-state index contributed by atoms with van der Waals surface area (Å²) in [5.74, 6) is -0.121. The lowest BCUT2D eigenvalue weighted by molar-refractivity contribution is -0.123. The lowest BCUT2D eigenvalue weighted by Crippen LogP contribution is -2.46. The molecule has 5 heteroatoms. The van der Waals surface area contributed by atoms with Crippen molar-refractivity contribution in [2.75, 3.05) is 6.54 Å². The fourth-order valence-corrected chi connectivity index (χ4v) is 1.41. The highest BCUT2D eigenvalue weighted by atomic mass is 16.3. The van der Waals surface area contributed by atoms with Crippen molar-refractivity contribution in [1.29, 1.82) is 0 Å². The van der Waals surface area contributed by atoms with Crippen molar-refractivity contribution in [2.45, 2.75) is 31.9 Å². The van der Waals surface area contributed by atoms with E-state index < -0.39 is 11.6 Å². The van der Waals surface area contributed by atoms with Crippen LogP contribution in [0.2, 0.25) is 0 Å². The Morgan fingerprint density at radius 1 is 1.39 bits per heavy atom. The molecule has 0 bridgehead atoms. The van der Waals surface area contributed by atoms with E-state index in [1.54, 1.807) is 38.1 Å². The second-order valence-corrected chi connectivity index (χ2v) is 5.01. The normalized spacial score (nSPS) is 13.1. The molecule has 5 N–H and O–H groups in total. The number of nitrogens with two attached hydrogens (primary N) is 1. The maximum absolute atomic E-state index is 11.7. The number of hydrogen-bond donors (Lipinski definition) is 4. The number of rotatable bonds is 5. The number of aromatic hydroxyl groups is 1. The van der Waals surface area contributed by atoms with Gasteiger partial charge in [-0.2, -0.15) is 0 Å². The predicted molar refractivity (Wildman–Crippen MR) is 69.1 cm³/mol. The molecule has 0 spiro atoms. The maximum Gasteiger partial charge on any atom is 0.237 e. The monoisotopic (exact) mass is 252 g/mol. The van der Waals surface area contributed by atoms with E-state index >= 15 is 0 Å². The first kappa shape index (κ1) is 14.5. The maximum atomic E-state index is 11.7. The first-order valence-electron chi connectivity index (χ1n) is 5.81. The summed E-state index contributed by atoms with van der Waals surface area (Å²) in [5, 5.41) is 21.2. The molecule has 0 heterocycles. The van der Waals surface area contributed by atoms with Crippen molar-refractivity contribution >= 4 is 5.91 Å². The minimum Gasteiger partial charge on any atom is -0.508 e. The van der Waals surface area contributed by atoms with Gasteiger partial charge >= 0.3 is 0 Å². The van der Waals surface area contributed by atoms with E-state index in [1.165, 1.54) is 0 Å². The Labute approximate surface area is 107 Å². The minimum absolute atomic E-state index is 0.162. The molecule has 0 aliphatic carbocycles. The van der Waals surface area contributed by atoms with E-state index in [0.29, 0.717) is 6.42 Å². The zero-order valence-corrected chi connectivity index (χ0v) is 10.7. The van der Waals surface area contributed by atoms with E-state index in [0.717, 1.165) is 5.56 Å². The molecule has 0 aliphatic heterocycles. The zero-order chi connectivity index (χ0) is 13.8. The number of hydrogen-bond acceptors (Lipinski definition) is 4. The van der Waals surface area contributed by atoms with E-state index in [1.807, 2.05) is 0 Å². The van der Waals surface area contributed by atoms with Gasteiger partial charge in [-0.25, -0.2) is 0 Å². The lowest BCUT2D eigenvalue weighted by Gasteiger charge is -2.19. The van der Waals surface area contributed by atoms with Crippen LogP contribution in [-0.4, -0.2) is 34.3 Å². The number of benzene rings is 1. The van der Waals surface area contributed by atoms with Crippen LogP contribution in [0.1, 0.15) is 19.4 Å². The van der Waals surface area contributed by atoms with Crippen LogP contribution in [0, 0.1) is 0 Å². The van der Waals surface area contributed by atoms with Gasteiger partial charge in [0.25, 0.3) is 0 Å². The Balaban J connectivity index is 2.47. The van der Waals surface area contributed by atoms with Crippen molar-refractivity contribution in [3.63, 3.8) is 0 Å². The number of phenolic OH excluding ortho intramolecular Hbond substituents is 1. The van der Waals surface area contributed by atoms with Gasteiger partial charge in [0, 0.05) is 6.54 Å². The summed E-state index contributed by atoms with van der Waals surface area (Å²) in [5.41, 5.74) is 5.68. The third kappa shape index (κ3) is 5.16. The Morgan fingerprint density at radius 3 is 2.44 bits per heavy atom. The highest BCUT2D eigenvalue weighted by Gasteiger charge is 2.18. The standard InChI is InChI=1S/C13H20N2O3/c1-13(2,18)8-15-12(17)11(14)7-9-3-5-10(16)6-4-9/h3-6,11,16,18H,7-8,14H2,1-2H3,(H,15,17)/t11-/m1/s1. The average Bonchev–Trinajstić information content (AvgIpc) is 2.28. The van der Waals surface area contributed by atoms with Crippen LogP contribution in [0.15, 0.2) is 24.3 Å².